The lowest BCUT2D eigenvalue weighted by Crippen LogP contribution is -2.46. The van der Waals surface area contributed by atoms with Gasteiger partial charge < -0.3 is 10.2 Å². The highest BCUT2D eigenvalue weighted by Gasteiger charge is 2.42. The zero-order chi connectivity index (χ0) is 17.6. The molecule has 2 N–H and O–H groups in total. The second-order valence-electron chi connectivity index (χ2n) is 8.19. The van der Waals surface area contributed by atoms with Crippen molar-refractivity contribution in [3.8, 4) is 0 Å². The molecule has 1 aliphatic heterocycles. The molecule has 2 aromatic rings. The van der Waals surface area contributed by atoms with Crippen molar-refractivity contribution in [2.45, 2.75) is 58.5 Å². The quantitative estimate of drug-likeness (QED) is 0.850. The van der Waals surface area contributed by atoms with E-state index in [0.717, 1.165) is 41.7 Å². The van der Waals surface area contributed by atoms with E-state index in [1.54, 1.807) is 6.07 Å². The Balaban J connectivity index is 1.58. The van der Waals surface area contributed by atoms with Crippen molar-refractivity contribution in [2.24, 2.45) is 11.1 Å². The lowest BCUT2D eigenvalue weighted by atomic mass is 9.74. The Hall–Kier alpha value is -1.65. The van der Waals surface area contributed by atoms with E-state index in [2.05, 4.69) is 24.0 Å². The summed E-state index contributed by atoms with van der Waals surface area (Å²) in [7, 11) is 0. The van der Waals surface area contributed by atoms with E-state index in [0.29, 0.717) is 11.5 Å². The first-order valence-corrected chi connectivity index (χ1v) is 9.49. The Kier molecular flexibility index (Phi) is 4.20. The van der Waals surface area contributed by atoms with Gasteiger partial charge in [-0.3, -0.25) is 4.90 Å². The molecule has 1 aliphatic carbocycles. The molecule has 2 aliphatic rings. The van der Waals surface area contributed by atoms with Crippen molar-refractivity contribution >= 4 is 11.0 Å². The average Bonchev–Trinajstić information content (AvgIpc) is 2.91. The number of likely N-dealkylation sites (tertiary alicyclic amines) is 1. The predicted molar refractivity (Wildman–Crippen MR) is 101 cm³/mol. The zero-order valence-electron chi connectivity index (χ0n) is 15.3. The highest BCUT2D eigenvalue weighted by molar-refractivity contribution is 5.83. The van der Waals surface area contributed by atoms with E-state index in [4.69, 9.17) is 10.2 Å². The van der Waals surface area contributed by atoms with E-state index >= 15 is 0 Å². The van der Waals surface area contributed by atoms with Crippen LogP contribution in [0.4, 0.5) is 0 Å². The fourth-order valence-electron chi connectivity index (χ4n) is 4.99. The molecule has 1 aromatic heterocycles. The zero-order valence-corrected chi connectivity index (χ0v) is 15.3. The highest BCUT2D eigenvalue weighted by atomic mass is 16.4. The summed E-state index contributed by atoms with van der Waals surface area (Å²) < 4.78 is 5.48. The van der Waals surface area contributed by atoms with Gasteiger partial charge in [-0.2, -0.15) is 0 Å². The monoisotopic (exact) mass is 340 g/mol. The molecule has 2 heterocycles. The molecule has 2 fully saturated rings. The maximum absolute atomic E-state index is 12.0. The smallest absolute Gasteiger partial charge is 0.336 e. The van der Waals surface area contributed by atoms with E-state index in [1.165, 1.54) is 37.7 Å². The molecule has 0 amide bonds. The van der Waals surface area contributed by atoms with Crippen LogP contribution in [0.3, 0.4) is 0 Å². The van der Waals surface area contributed by atoms with Crippen LogP contribution in [-0.4, -0.2) is 24.0 Å². The Morgan fingerprint density at radius 1 is 1.20 bits per heavy atom. The van der Waals surface area contributed by atoms with Gasteiger partial charge in [0.25, 0.3) is 0 Å². The van der Waals surface area contributed by atoms with Gasteiger partial charge in [0.1, 0.15) is 5.58 Å². The molecule has 1 atom stereocenters. The normalized spacial score (nSPS) is 23.6. The van der Waals surface area contributed by atoms with Gasteiger partial charge in [-0.1, -0.05) is 12.5 Å². The van der Waals surface area contributed by atoms with Gasteiger partial charge in [0, 0.05) is 24.0 Å². The van der Waals surface area contributed by atoms with Crippen LogP contribution in [0.25, 0.3) is 11.0 Å². The minimum Gasteiger partial charge on any atom is -0.422 e. The maximum Gasteiger partial charge on any atom is 0.336 e. The number of aryl methyl sites for hydroxylation is 2. The van der Waals surface area contributed by atoms with Crippen molar-refractivity contribution < 1.29 is 4.42 Å². The minimum absolute atomic E-state index is 0.249. The van der Waals surface area contributed by atoms with E-state index in [-0.39, 0.29) is 5.63 Å². The fraction of sp³-hybridized carbons (Fsp3) is 0.571. The Morgan fingerprint density at radius 3 is 2.64 bits per heavy atom. The molecule has 0 bridgehead atoms. The first-order valence-electron chi connectivity index (χ1n) is 9.49. The highest BCUT2D eigenvalue weighted by Crippen LogP contribution is 2.45. The van der Waals surface area contributed by atoms with Crippen LogP contribution in [-0.2, 0) is 6.54 Å². The fourth-order valence-corrected chi connectivity index (χ4v) is 4.99. The lowest BCUT2D eigenvalue weighted by Gasteiger charge is -2.42. The van der Waals surface area contributed by atoms with Crippen LogP contribution in [0.5, 0.6) is 0 Å². The van der Waals surface area contributed by atoms with Gasteiger partial charge in [0.05, 0.1) is 0 Å². The molecule has 0 radical (unpaired) electrons. The molecule has 4 heteroatoms. The molecule has 4 nitrogen and oxygen atoms in total. The van der Waals surface area contributed by atoms with Gasteiger partial charge in [0.2, 0.25) is 0 Å². The second kappa shape index (κ2) is 6.26. The molecule has 1 aromatic carbocycles. The Bertz CT molecular complexity index is 847. The third-order valence-electron chi connectivity index (χ3n) is 6.48. The molecule has 1 saturated carbocycles. The summed E-state index contributed by atoms with van der Waals surface area (Å²) in [6.07, 6.45) is 6.13. The summed E-state index contributed by atoms with van der Waals surface area (Å²) in [5.74, 6) is 0. The van der Waals surface area contributed by atoms with E-state index in [1.807, 2.05) is 6.92 Å². The number of benzene rings is 1. The number of fused-ring (bicyclic) bond motifs is 1. The predicted octanol–water partition coefficient (Wildman–Crippen LogP) is 3.50. The number of hydrogen-bond donors (Lipinski definition) is 1. The SMILES string of the molecule is Cc1cc(C)c2oc(=O)cc(CN3CCC4(CCCC4N)CC3)c2c1. The largest absolute Gasteiger partial charge is 0.422 e. The van der Waals surface area contributed by atoms with Crippen LogP contribution in [0.2, 0.25) is 0 Å². The van der Waals surface area contributed by atoms with Crippen molar-refractivity contribution in [1.29, 1.82) is 0 Å². The molecule has 134 valence electrons. The van der Waals surface area contributed by atoms with Crippen molar-refractivity contribution in [2.75, 3.05) is 13.1 Å². The third-order valence-corrected chi connectivity index (χ3v) is 6.48. The molecular formula is C21H28N2O2. The lowest BCUT2D eigenvalue weighted by molar-refractivity contribution is 0.0907. The summed E-state index contributed by atoms with van der Waals surface area (Å²) in [6, 6.07) is 6.26. The van der Waals surface area contributed by atoms with E-state index in [9.17, 15) is 4.79 Å². The van der Waals surface area contributed by atoms with Crippen LogP contribution in [0.1, 0.15) is 48.8 Å². The molecule has 1 saturated heterocycles. The minimum atomic E-state index is -0.249. The van der Waals surface area contributed by atoms with Crippen molar-refractivity contribution in [1.82, 2.24) is 4.90 Å². The van der Waals surface area contributed by atoms with Crippen molar-refractivity contribution in [3.63, 3.8) is 0 Å². The average molecular weight is 340 g/mol. The van der Waals surface area contributed by atoms with Crippen LogP contribution in [0.15, 0.2) is 27.4 Å². The molecular weight excluding hydrogens is 312 g/mol. The van der Waals surface area contributed by atoms with Gasteiger partial charge >= 0.3 is 5.63 Å². The molecule has 25 heavy (non-hydrogen) atoms. The molecule has 4 rings (SSSR count). The summed E-state index contributed by atoms with van der Waals surface area (Å²) in [6.45, 7) is 7.05. The topological polar surface area (TPSA) is 59.5 Å². The summed E-state index contributed by atoms with van der Waals surface area (Å²) >= 11 is 0. The summed E-state index contributed by atoms with van der Waals surface area (Å²) in [5.41, 5.74) is 10.6. The number of nitrogens with two attached hydrogens (primary N) is 1. The van der Waals surface area contributed by atoms with E-state index < -0.39 is 0 Å². The third kappa shape index (κ3) is 3.02. The number of hydrogen-bond acceptors (Lipinski definition) is 4. The maximum atomic E-state index is 12.0. The summed E-state index contributed by atoms with van der Waals surface area (Å²) in [4.78, 5) is 14.5. The van der Waals surface area contributed by atoms with Gasteiger partial charge in [-0.05, 0) is 80.8 Å². The standard InChI is InChI=1S/C21H28N2O2/c1-14-10-15(2)20-17(11-14)16(12-19(24)25-20)13-23-8-6-21(7-9-23)5-3-4-18(21)22/h10-12,18H,3-9,13,22H2,1-2H3. The van der Waals surface area contributed by atoms with Gasteiger partial charge in [-0.15, -0.1) is 0 Å². The number of nitrogens with zero attached hydrogens (tertiary/aromatic N) is 1. The Morgan fingerprint density at radius 2 is 1.96 bits per heavy atom. The first kappa shape index (κ1) is 16.8. The molecule has 1 spiro atoms. The second-order valence-corrected chi connectivity index (χ2v) is 8.19. The number of rotatable bonds is 2. The first-order chi connectivity index (χ1) is 12.0. The number of piperidine rings is 1. The van der Waals surface area contributed by atoms with Crippen LogP contribution in [0, 0.1) is 19.3 Å². The Labute approximate surface area is 149 Å². The van der Waals surface area contributed by atoms with Gasteiger partial charge in [0.15, 0.2) is 0 Å². The van der Waals surface area contributed by atoms with Crippen LogP contribution < -0.4 is 11.4 Å². The van der Waals surface area contributed by atoms with Gasteiger partial charge in [-0.25, -0.2) is 4.79 Å². The van der Waals surface area contributed by atoms with Crippen molar-refractivity contribution in [3.05, 3.63) is 45.3 Å². The molecule has 1 unspecified atom stereocenters. The van der Waals surface area contributed by atoms with Crippen LogP contribution >= 0.6 is 0 Å². The summed E-state index contributed by atoms with van der Waals surface area (Å²) in [5, 5.41) is 1.08.